The second-order valence-electron chi connectivity index (χ2n) is 21.5. The smallest absolute Gasteiger partial charge is 0.0816 e. The number of rotatable bonds is 4. The van der Waals surface area contributed by atoms with Crippen LogP contribution in [0, 0.1) is 66.6 Å². The van der Waals surface area contributed by atoms with Crippen LogP contribution in [0.4, 0.5) is 5.69 Å². The fourth-order valence-electron chi connectivity index (χ4n) is 14.2. The van der Waals surface area contributed by atoms with Crippen molar-refractivity contribution in [2.24, 2.45) is 57.8 Å². The highest BCUT2D eigenvalue weighted by Crippen LogP contribution is 2.90. The molecule has 0 heterocycles. The third kappa shape index (κ3) is 3.94. The molecule has 9 saturated carbocycles. The van der Waals surface area contributed by atoms with Gasteiger partial charge in [0.2, 0.25) is 0 Å². The molecule has 0 N–H and O–H groups in total. The Bertz CT molecular complexity index is 1430. The number of benzene rings is 1. The molecule has 8 bridgehead atoms. The van der Waals surface area contributed by atoms with Crippen LogP contribution < -0.4 is 0 Å². The molecule has 0 aromatic heterocycles. The normalized spacial score (nSPS) is 42.1. The van der Waals surface area contributed by atoms with E-state index in [1.807, 2.05) is 0 Å². The van der Waals surface area contributed by atoms with Crippen molar-refractivity contribution in [2.75, 3.05) is 0 Å². The van der Waals surface area contributed by atoms with Gasteiger partial charge in [0.05, 0.1) is 21.8 Å². The van der Waals surface area contributed by atoms with Gasteiger partial charge in [-0.05, 0) is 147 Å². The van der Waals surface area contributed by atoms with Gasteiger partial charge in [0.1, 0.15) is 0 Å². The number of aliphatic imine (C=N–C) groups is 1. The Balaban J connectivity index is 1.52. The quantitative estimate of drug-likeness (QED) is 0.287. The monoisotopic (exact) mass is 653 g/mol. The lowest BCUT2D eigenvalue weighted by Crippen LogP contribution is -2.58. The molecule has 46 heavy (non-hydrogen) atoms. The molecule has 0 aliphatic heterocycles. The van der Waals surface area contributed by atoms with E-state index >= 15 is 0 Å². The molecule has 3 heteroatoms. The van der Waals surface area contributed by atoms with Gasteiger partial charge >= 0.3 is 0 Å². The minimum Gasteiger partial charge on any atom is -0.256 e. The summed E-state index contributed by atoms with van der Waals surface area (Å²) in [6.45, 7) is 32.2. The molecule has 10 rings (SSSR count). The summed E-state index contributed by atoms with van der Waals surface area (Å²) >= 11 is 0. The van der Waals surface area contributed by atoms with E-state index in [-0.39, 0.29) is 5.04 Å². The van der Waals surface area contributed by atoms with Gasteiger partial charge in [-0.25, -0.2) is 0 Å². The van der Waals surface area contributed by atoms with Crippen molar-refractivity contribution < 1.29 is 0 Å². The van der Waals surface area contributed by atoms with Gasteiger partial charge in [-0.1, -0.05) is 96.7 Å². The van der Waals surface area contributed by atoms with E-state index in [0.29, 0.717) is 15.5 Å². The lowest BCUT2D eigenvalue weighted by Gasteiger charge is -2.62. The van der Waals surface area contributed by atoms with Crippen LogP contribution in [0.15, 0.2) is 34.0 Å². The molecule has 0 amide bonds. The molecule has 9 fully saturated rings. The van der Waals surface area contributed by atoms with Crippen LogP contribution in [0.25, 0.3) is 0 Å². The number of para-hydroxylation sites is 1. The molecule has 1 unspecified atom stereocenters. The first kappa shape index (κ1) is 32.3. The van der Waals surface area contributed by atoms with E-state index in [0.717, 1.165) is 47.3 Å². The lowest BCUT2D eigenvalue weighted by molar-refractivity contribution is -0.0461. The van der Waals surface area contributed by atoms with Gasteiger partial charge in [-0.3, -0.25) is 4.99 Å². The molecule has 1 aromatic rings. The second-order valence-corrected chi connectivity index (χ2v) is 32.3. The summed E-state index contributed by atoms with van der Waals surface area (Å²) in [5.74, 6) is 7.39. The molecule has 9 aliphatic carbocycles. The SMILES string of the molecule is Cc1cccc(C)c1N=C1C2(C3CC4CC(C3)CC2C4)C1(C(=C1C2CC3CC(C2)CC1C3)[Si](C)(C)C(C)(C)C)[Si](C)(C)C(C)(C)C. The van der Waals surface area contributed by atoms with E-state index in [4.69, 9.17) is 4.99 Å². The first-order valence-corrected chi connectivity index (χ1v) is 25.8. The van der Waals surface area contributed by atoms with Gasteiger partial charge in [-0.2, -0.15) is 0 Å². The standard InChI is InChI=1S/C43H67NSi2/c1-26-14-13-15-27(2)37(26)44-39-42(34-22-30-17-31(24-34)25-35(42)23-30)43(39,46(11,12)41(6,7)8)38(45(9,10)40(3,4)5)36-32-18-28-16-29(20-32)21-33(36)19-28/h13-15,28-35H,16-25H2,1-12H3. The highest BCUT2D eigenvalue weighted by Gasteiger charge is 2.89. The summed E-state index contributed by atoms with van der Waals surface area (Å²) in [7, 11) is -4.02. The average Bonchev–Trinajstić information content (AvgIpc) is 3.52. The van der Waals surface area contributed by atoms with Crippen molar-refractivity contribution in [1.29, 1.82) is 0 Å². The van der Waals surface area contributed by atoms with E-state index < -0.39 is 16.1 Å². The van der Waals surface area contributed by atoms with Gasteiger partial charge in [0.25, 0.3) is 0 Å². The van der Waals surface area contributed by atoms with Crippen LogP contribution in [0.1, 0.15) is 117 Å². The summed E-state index contributed by atoms with van der Waals surface area (Å²) in [6.07, 6.45) is 15.0. The summed E-state index contributed by atoms with van der Waals surface area (Å²) in [5, 5.41) is 2.96. The predicted octanol–water partition coefficient (Wildman–Crippen LogP) is 12.9. The Morgan fingerprint density at radius 2 is 1.09 bits per heavy atom. The number of hydrogen-bond donors (Lipinski definition) is 0. The molecule has 252 valence electrons. The van der Waals surface area contributed by atoms with Gasteiger partial charge < -0.3 is 0 Å². The van der Waals surface area contributed by atoms with E-state index in [1.54, 1.807) is 12.1 Å². The molecule has 0 saturated heterocycles. The van der Waals surface area contributed by atoms with Crippen LogP contribution in [-0.2, 0) is 0 Å². The second kappa shape index (κ2) is 9.85. The van der Waals surface area contributed by atoms with Gasteiger partial charge in [0.15, 0.2) is 0 Å². The van der Waals surface area contributed by atoms with Crippen molar-refractivity contribution in [2.45, 2.75) is 161 Å². The predicted molar refractivity (Wildman–Crippen MR) is 204 cm³/mol. The van der Waals surface area contributed by atoms with Crippen molar-refractivity contribution in [3.63, 3.8) is 0 Å². The van der Waals surface area contributed by atoms with Crippen LogP contribution in [0.2, 0.25) is 41.3 Å². The van der Waals surface area contributed by atoms with E-state index in [9.17, 15) is 0 Å². The highest BCUT2D eigenvalue weighted by atomic mass is 28.3. The van der Waals surface area contributed by atoms with Gasteiger partial charge in [0, 0.05) is 16.2 Å². The zero-order chi connectivity index (χ0) is 33.0. The molecular weight excluding hydrogens is 587 g/mol. The highest BCUT2D eigenvalue weighted by molar-refractivity contribution is 6.97. The number of nitrogens with zero attached hydrogens (tertiary/aromatic N) is 1. The minimum absolute atomic E-state index is 0.198. The first-order valence-electron chi connectivity index (χ1n) is 19.8. The molecule has 0 radical (unpaired) electrons. The average molecular weight is 654 g/mol. The van der Waals surface area contributed by atoms with E-state index in [1.165, 1.54) is 74.6 Å². The molecular formula is C43H67NSi2. The van der Waals surface area contributed by atoms with Crippen molar-refractivity contribution in [3.05, 3.63) is 40.1 Å². The summed E-state index contributed by atoms with van der Waals surface area (Å²) < 4.78 is 0. The van der Waals surface area contributed by atoms with Crippen LogP contribution in [0.3, 0.4) is 0 Å². The lowest BCUT2D eigenvalue weighted by atomic mass is 9.49. The zero-order valence-electron chi connectivity index (χ0n) is 31.9. The van der Waals surface area contributed by atoms with Crippen LogP contribution >= 0.6 is 0 Å². The first-order chi connectivity index (χ1) is 21.4. The molecule has 1 atom stereocenters. The zero-order valence-corrected chi connectivity index (χ0v) is 33.9. The minimum atomic E-state index is -2.05. The molecule has 1 aromatic carbocycles. The fraction of sp³-hybridized carbons (Fsp3) is 0.791. The Morgan fingerprint density at radius 3 is 1.50 bits per heavy atom. The van der Waals surface area contributed by atoms with Crippen molar-refractivity contribution in [1.82, 2.24) is 0 Å². The maximum absolute atomic E-state index is 6.27. The summed E-state index contributed by atoms with van der Waals surface area (Å²) in [5.41, 5.74) is 8.25. The summed E-state index contributed by atoms with van der Waals surface area (Å²) in [4.78, 5) is 6.27. The third-order valence-electron chi connectivity index (χ3n) is 17.4. The Labute approximate surface area is 285 Å². The Kier molecular flexibility index (Phi) is 6.91. The molecule has 9 aliphatic rings. The number of hydrogen-bond acceptors (Lipinski definition) is 1. The number of allylic oxidation sites excluding steroid dienone is 2. The van der Waals surface area contributed by atoms with E-state index in [2.05, 4.69) is 111 Å². The number of aryl methyl sites for hydroxylation is 2. The Hall–Kier alpha value is -0.936. The van der Waals surface area contributed by atoms with Crippen LogP contribution in [-0.4, -0.2) is 21.9 Å². The third-order valence-corrected chi connectivity index (χ3v) is 29.8. The van der Waals surface area contributed by atoms with Crippen LogP contribution in [0.5, 0.6) is 0 Å². The van der Waals surface area contributed by atoms with Crippen molar-refractivity contribution >= 4 is 27.5 Å². The summed E-state index contributed by atoms with van der Waals surface area (Å²) in [6, 6.07) is 6.95. The fourth-order valence-corrected chi connectivity index (χ4v) is 23.4. The molecule has 1 spiro atoms. The van der Waals surface area contributed by atoms with Gasteiger partial charge in [-0.15, -0.1) is 0 Å². The van der Waals surface area contributed by atoms with Crippen molar-refractivity contribution in [3.8, 4) is 0 Å². The molecule has 1 nitrogen and oxygen atoms in total. The topological polar surface area (TPSA) is 12.4 Å². The maximum atomic E-state index is 6.27. The largest absolute Gasteiger partial charge is 0.256 e. The Morgan fingerprint density at radius 1 is 0.652 bits per heavy atom. The maximum Gasteiger partial charge on any atom is 0.0816 e.